The van der Waals surface area contributed by atoms with Gasteiger partial charge in [0.2, 0.25) is 10.0 Å². The number of carbonyl (C=O) groups excluding carboxylic acids is 1. The molecule has 0 unspecified atom stereocenters. The second-order valence-corrected chi connectivity index (χ2v) is 7.97. The van der Waals surface area contributed by atoms with Crippen LogP contribution in [0.1, 0.15) is 39.0 Å². The largest absolute Gasteiger partial charge is 0.484 e. The summed E-state index contributed by atoms with van der Waals surface area (Å²) in [6.45, 7) is 1.76. The van der Waals surface area contributed by atoms with E-state index < -0.39 is 22.0 Å². The number of carboxylic acids is 1. The average molecular weight is 384 g/mol. The van der Waals surface area contributed by atoms with E-state index in [0.29, 0.717) is 12.2 Å². The van der Waals surface area contributed by atoms with Crippen LogP contribution in [0.4, 0.5) is 0 Å². The number of amides is 1. The molecule has 0 radical (unpaired) electrons. The predicted molar refractivity (Wildman–Crippen MR) is 94.4 cm³/mol. The van der Waals surface area contributed by atoms with Gasteiger partial charge in [-0.05, 0) is 43.5 Å². The summed E-state index contributed by atoms with van der Waals surface area (Å²) in [7, 11) is -3.96. The van der Waals surface area contributed by atoms with Crippen LogP contribution >= 0.6 is 0 Å². The number of hydrogen-bond acceptors (Lipinski definition) is 5. The fourth-order valence-corrected chi connectivity index (χ4v) is 3.48. The van der Waals surface area contributed by atoms with Crippen molar-refractivity contribution >= 4 is 21.9 Å². The third-order valence-electron chi connectivity index (χ3n) is 3.89. The van der Waals surface area contributed by atoms with Gasteiger partial charge in [-0.2, -0.15) is 4.72 Å². The standard InChI is InChI=1S/C17H24N2O6S/c1-2-3-4-15(17(21)22)19-26(23,24)14-9-7-13(8-10-14)25-11-16(20)18-12-5-6-12/h7-10,12,15,19H,2-6,11H2,1H3,(H,18,20)(H,21,22)/t15-/m0/s1. The Morgan fingerprint density at radius 1 is 1.27 bits per heavy atom. The monoisotopic (exact) mass is 384 g/mol. The van der Waals surface area contributed by atoms with Gasteiger partial charge in [-0.3, -0.25) is 9.59 Å². The van der Waals surface area contributed by atoms with E-state index in [9.17, 15) is 18.0 Å². The molecular weight excluding hydrogens is 360 g/mol. The molecule has 0 saturated heterocycles. The molecule has 9 heteroatoms. The molecule has 1 fully saturated rings. The number of sulfonamides is 1. The van der Waals surface area contributed by atoms with Gasteiger partial charge in [-0.1, -0.05) is 19.8 Å². The van der Waals surface area contributed by atoms with Crippen molar-refractivity contribution in [2.24, 2.45) is 0 Å². The summed E-state index contributed by atoms with van der Waals surface area (Å²) in [5, 5.41) is 11.9. The maximum atomic E-state index is 12.3. The molecule has 1 saturated carbocycles. The number of ether oxygens (including phenoxy) is 1. The van der Waals surface area contributed by atoms with E-state index in [1.165, 1.54) is 24.3 Å². The lowest BCUT2D eigenvalue weighted by Crippen LogP contribution is -2.40. The lowest BCUT2D eigenvalue weighted by Gasteiger charge is -2.14. The first-order chi connectivity index (χ1) is 12.3. The van der Waals surface area contributed by atoms with Crippen molar-refractivity contribution in [2.45, 2.75) is 56.0 Å². The molecule has 0 heterocycles. The van der Waals surface area contributed by atoms with Crippen LogP contribution < -0.4 is 14.8 Å². The van der Waals surface area contributed by atoms with Crippen molar-refractivity contribution in [2.75, 3.05) is 6.61 Å². The summed E-state index contributed by atoms with van der Waals surface area (Å²) in [4.78, 5) is 22.7. The third kappa shape index (κ3) is 6.30. The lowest BCUT2D eigenvalue weighted by atomic mass is 10.1. The Hall–Kier alpha value is -2.13. The van der Waals surface area contributed by atoms with Crippen LogP contribution in [0.5, 0.6) is 5.75 Å². The first kappa shape index (κ1) is 20.2. The van der Waals surface area contributed by atoms with Gasteiger partial charge in [0.1, 0.15) is 11.8 Å². The molecule has 1 aromatic rings. The zero-order valence-corrected chi connectivity index (χ0v) is 15.4. The number of carbonyl (C=O) groups is 2. The zero-order chi connectivity index (χ0) is 19.2. The smallest absolute Gasteiger partial charge is 0.321 e. The Labute approximate surface area is 153 Å². The second-order valence-electron chi connectivity index (χ2n) is 6.26. The van der Waals surface area contributed by atoms with Gasteiger partial charge in [0.15, 0.2) is 6.61 Å². The highest BCUT2D eigenvalue weighted by Gasteiger charge is 2.25. The molecule has 1 aromatic carbocycles. The van der Waals surface area contributed by atoms with Gasteiger partial charge in [0, 0.05) is 6.04 Å². The molecule has 1 aliphatic rings. The molecule has 0 aliphatic heterocycles. The Morgan fingerprint density at radius 3 is 2.46 bits per heavy atom. The first-order valence-electron chi connectivity index (χ1n) is 8.59. The van der Waals surface area contributed by atoms with Gasteiger partial charge >= 0.3 is 5.97 Å². The van der Waals surface area contributed by atoms with Crippen molar-refractivity contribution < 1.29 is 27.9 Å². The van der Waals surface area contributed by atoms with Gasteiger partial charge in [-0.25, -0.2) is 8.42 Å². The minimum Gasteiger partial charge on any atom is -0.484 e. The van der Waals surface area contributed by atoms with Crippen LogP contribution in [0, 0.1) is 0 Å². The molecule has 0 bridgehead atoms. The summed E-state index contributed by atoms with van der Waals surface area (Å²) in [5.41, 5.74) is 0. The van der Waals surface area contributed by atoms with Crippen LogP contribution in [-0.4, -0.2) is 44.1 Å². The molecule has 2 rings (SSSR count). The molecule has 26 heavy (non-hydrogen) atoms. The molecule has 1 atom stereocenters. The van der Waals surface area contributed by atoms with Gasteiger partial charge < -0.3 is 15.2 Å². The van der Waals surface area contributed by atoms with Crippen LogP contribution in [0.25, 0.3) is 0 Å². The number of nitrogens with one attached hydrogen (secondary N) is 2. The van der Waals surface area contributed by atoms with Crippen LogP contribution in [0.2, 0.25) is 0 Å². The lowest BCUT2D eigenvalue weighted by molar-refractivity contribution is -0.139. The zero-order valence-electron chi connectivity index (χ0n) is 14.6. The average Bonchev–Trinajstić information content (AvgIpc) is 3.41. The highest BCUT2D eigenvalue weighted by molar-refractivity contribution is 7.89. The van der Waals surface area contributed by atoms with E-state index in [4.69, 9.17) is 9.84 Å². The van der Waals surface area contributed by atoms with Crippen molar-refractivity contribution in [3.63, 3.8) is 0 Å². The van der Waals surface area contributed by atoms with Gasteiger partial charge in [-0.15, -0.1) is 0 Å². The maximum Gasteiger partial charge on any atom is 0.321 e. The number of hydrogen-bond donors (Lipinski definition) is 3. The van der Waals surface area contributed by atoms with E-state index >= 15 is 0 Å². The van der Waals surface area contributed by atoms with Crippen LogP contribution in [0.15, 0.2) is 29.2 Å². The Bertz CT molecular complexity index is 728. The summed E-state index contributed by atoms with van der Waals surface area (Å²) in [6, 6.07) is 4.58. The molecule has 0 spiro atoms. The maximum absolute atomic E-state index is 12.3. The molecule has 3 N–H and O–H groups in total. The Morgan fingerprint density at radius 2 is 1.92 bits per heavy atom. The highest BCUT2D eigenvalue weighted by Crippen LogP contribution is 2.19. The fraction of sp³-hybridized carbons (Fsp3) is 0.529. The summed E-state index contributed by atoms with van der Waals surface area (Å²) < 4.78 is 32.2. The topological polar surface area (TPSA) is 122 Å². The van der Waals surface area contributed by atoms with Crippen molar-refractivity contribution in [3.8, 4) is 5.75 Å². The normalized spacial score (nSPS) is 15.3. The van der Waals surface area contributed by atoms with E-state index in [-0.39, 0.29) is 29.9 Å². The number of aliphatic carboxylic acids is 1. The molecule has 8 nitrogen and oxygen atoms in total. The van der Waals surface area contributed by atoms with Crippen molar-refractivity contribution in [1.29, 1.82) is 0 Å². The molecule has 1 aliphatic carbocycles. The van der Waals surface area contributed by atoms with E-state index in [2.05, 4.69) is 10.0 Å². The van der Waals surface area contributed by atoms with Crippen molar-refractivity contribution in [3.05, 3.63) is 24.3 Å². The quantitative estimate of drug-likeness (QED) is 0.528. The first-order valence-corrected chi connectivity index (χ1v) is 10.1. The van der Waals surface area contributed by atoms with Crippen molar-refractivity contribution in [1.82, 2.24) is 10.0 Å². The van der Waals surface area contributed by atoms with Crippen LogP contribution in [0.3, 0.4) is 0 Å². The Kier molecular flexibility index (Phi) is 6.98. The second kappa shape index (κ2) is 9.00. The number of rotatable bonds is 11. The third-order valence-corrected chi connectivity index (χ3v) is 5.38. The van der Waals surface area contributed by atoms with Gasteiger partial charge in [0.25, 0.3) is 5.91 Å². The molecular formula is C17H24N2O6S. The molecule has 1 amide bonds. The SMILES string of the molecule is CCCC[C@H](NS(=O)(=O)c1ccc(OCC(=O)NC2CC2)cc1)C(=O)O. The predicted octanol–water partition coefficient (Wildman–Crippen LogP) is 1.27. The van der Waals surface area contributed by atoms with Crippen LogP contribution in [-0.2, 0) is 19.6 Å². The molecule has 0 aromatic heterocycles. The Balaban J connectivity index is 1.93. The van der Waals surface area contributed by atoms with Gasteiger partial charge in [0.05, 0.1) is 4.90 Å². The number of benzene rings is 1. The summed E-state index contributed by atoms with van der Waals surface area (Å²) in [6.07, 6.45) is 3.57. The highest BCUT2D eigenvalue weighted by atomic mass is 32.2. The number of unbranched alkanes of at least 4 members (excludes halogenated alkanes) is 1. The summed E-state index contributed by atoms with van der Waals surface area (Å²) in [5.74, 6) is -1.06. The fourth-order valence-electron chi connectivity index (χ4n) is 2.26. The molecule has 144 valence electrons. The number of carboxylic acid groups (broad SMARTS) is 1. The van der Waals surface area contributed by atoms with E-state index in [1.54, 1.807) is 0 Å². The van der Waals surface area contributed by atoms with E-state index in [1.807, 2.05) is 6.92 Å². The van der Waals surface area contributed by atoms with E-state index in [0.717, 1.165) is 19.3 Å². The minimum absolute atomic E-state index is 0.0602. The minimum atomic E-state index is -3.96. The summed E-state index contributed by atoms with van der Waals surface area (Å²) >= 11 is 0.